The smallest absolute Gasteiger partial charge is 0.307 e. The monoisotopic (exact) mass is 496 g/mol. The summed E-state index contributed by atoms with van der Waals surface area (Å²) in [6.45, 7) is 2.86. The molecule has 5 rings (SSSR count). The van der Waals surface area contributed by atoms with E-state index in [1.54, 1.807) is 28.4 Å². The molecule has 0 atom stereocenters. The molecule has 3 heterocycles. The first-order valence-corrected chi connectivity index (χ1v) is 12.3. The topological polar surface area (TPSA) is 90.1 Å². The number of thiazole rings is 1. The lowest BCUT2D eigenvalue weighted by atomic mass is 10.1. The molecule has 0 unspecified atom stereocenters. The van der Waals surface area contributed by atoms with Crippen molar-refractivity contribution in [2.24, 2.45) is 0 Å². The highest BCUT2D eigenvalue weighted by molar-refractivity contribution is 7.15. The van der Waals surface area contributed by atoms with Crippen molar-refractivity contribution in [2.75, 3.05) is 0 Å². The number of carbonyl (C=O) groups is 1. The van der Waals surface area contributed by atoms with E-state index in [1.165, 1.54) is 0 Å². The summed E-state index contributed by atoms with van der Waals surface area (Å²) in [5, 5.41) is 14.9. The molecule has 3 aromatic heterocycles. The minimum Gasteiger partial charge on any atom is -0.481 e. The van der Waals surface area contributed by atoms with Gasteiger partial charge in [-0.1, -0.05) is 66.7 Å². The molecule has 0 radical (unpaired) electrons. The Morgan fingerprint density at radius 3 is 2.39 bits per heavy atom. The summed E-state index contributed by atoms with van der Waals surface area (Å²) in [4.78, 5) is 21.6. The molecule has 0 bridgehead atoms. The number of pyridine rings is 1. The maximum absolute atomic E-state index is 11.4. The van der Waals surface area contributed by atoms with Crippen molar-refractivity contribution in [3.8, 4) is 27.7 Å². The molecular weight excluding hydrogens is 472 g/mol. The highest BCUT2D eigenvalue weighted by Gasteiger charge is 2.15. The SMILES string of the molecule is Cc1sc(-c2ccccc2)nc1COc1ccc(Cn2cc(CC(=O)O)c(-c3ccccc3)n2)cn1. The molecule has 7 nitrogen and oxygen atoms in total. The van der Waals surface area contributed by atoms with Crippen LogP contribution in [0, 0.1) is 6.92 Å². The lowest BCUT2D eigenvalue weighted by molar-refractivity contribution is -0.136. The minimum atomic E-state index is -0.888. The second-order valence-corrected chi connectivity index (χ2v) is 9.52. The van der Waals surface area contributed by atoms with Gasteiger partial charge in [-0.3, -0.25) is 9.48 Å². The van der Waals surface area contributed by atoms with Gasteiger partial charge in [0.15, 0.2) is 0 Å². The van der Waals surface area contributed by atoms with Crippen molar-refractivity contribution in [3.05, 3.63) is 107 Å². The van der Waals surface area contributed by atoms with Gasteiger partial charge in [-0.2, -0.15) is 5.10 Å². The third kappa shape index (κ3) is 5.50. The molecule has 1 N–H and O–H groups in total. The van der Waals surface area contributed by atoms with Crippen LogP contribution in [0.3, 0.4) is 0 Å². The van der Waals surface area contributed by atoms with Gasteiger partial charge < -0.3 is 9.84 Å². The minimum absolute atomic E-state index is 0.0860. The molecule has 180 valence electrons. The average molecular weight is 497 g/mol. The summed E-state index contributed by atoms with van der Waals surface area (Å²) in [6.07, 6.45) is 3.45. The number of ether oxygens (including phenoxy) is 1. The lowest BCUT2D eigenvalue weighted by Crippen LogP contribution is -2.03. The zero-order valence-corrected chi connectivity index (χ0v) is 20.5. The molecule has 0 amide bonds. The normalized spacial score (nSPS) is 10.9. The fourth-order valence-electron chi connectivity index (χ4n) is 3.86. The summed E-state index contributed by atoms with van der Waals surface area (Å²) >= 11 is 1.65. The zero-order chi connectivity index (χ0) is 24.9. The van der Waals surface area contributed by atoms with Gasteiger partial charge in [-0.05, 0) is 12.5 Å². The van der Waals surface area contributed by atoms with E-state index in [2.05, 4.69) is 22.2 Å². The number of carboxylic acid groups (broad SMARTS) is 1. The summed E-state index contributed by atoms with van der Waals surface area (Å²) in [5.41, 5.74) is 5.18. The van der Waals surface area contributed by atoms with Crippen LogP contribution in [0.1, 0.15) is 21.7 Å². The van der Waals surface area contributed by atoms with Crippen LogP contribution in [0.25, 0.3) is 21.8 Å². The highest BCUT2D eigenvalue weighted by atomic mass is 32.1. The second kappa shape index (κ2) is 10.5. The van der Waals surface area contributed by atoms with Gasteiger partial charge in [0, 0.05) is 40.0 Å². The molecule has 8 heteroatoms. The highest BCUT2D eigenvalue weighted by Crippen LogP contribution is 2.28. The van der Waals surface area contributed by atoms with Gasteiger partial charge in [-0.25, -0.2) is 9.97 Å². The maximum atomic E-state index is 11.4. The molecule has 0 saturated heterocycles. The number of hydrogen-bond donors (Lipinski definition) is 1. The van der Waals surface area contributed by atoms with Crippen LogP contribution >= 0.6 is 11.3 Å². The number of aromatic nitrogens is 4. The van der Waals surface area contributed by atoms with E-state index in [0.717, 1.165) is 32.3 Å². The van der Waals surface area contributed by atoms with Gasteiger partial charge in [0.1, 0.15) is 11.6 Å². The predicted molar refractivity (Wildman–Crippen MR) is 139 cm³/mol. The number of hydrogen-bond acceptors (Lipinski definition) is 6. The summed E-state index contributed by atoms with van der Waals surface area (Å²) in [6, 6.07) is 23.5. The Labute approximate surface area is 212 Å². The van der Waals surface area contributed by atoms with Crippen LogP contribution in [0.2, 0.25) is 0 Å². The van der Waals surface area contributed by atoms with Gasteiger partial charge in [0.05, 0.1) is 24.4 Å². The van der Waals surface area contributed by atoms with E-state index >= 15 is 0 Å². The van der Waals surface area contributed by atoms with Crippen molar-refractivity contribution < 1.29 is 14.6 Å². The Morgan fingerprint density at radius 2 is 1.72 bits per heavy atom. The predicted octanol–water partition coefficient (Wildman–Crippen LogP) is 5.63. The molecule has 0 saturated carbocycles. The van der Waals surface area contributed by atoms with Crippen LogP contribution in [-0.2, 0) is 24.4 Å². The number of nitrogens with zero attached hydrogens (tertiary/aromatic N) is 4. The Bertz CT molecular complexity index is 1460. The van der Waals surface area contributed by atoms with Gasteiger partial charge in [0.2, 0.25) is 5.88 Å². The van der Waals surface area contributed by atoms with E-state index in [0.29, 0.717) is 30.3 Å². The van der Waals surface area contributed by atoms with Crippen molar-refractivity contribution in [1.29, 1.82) is 0 Å². The van der Waals surface area contributed by atoms with Gasteiger partial charge in [0.25, 0.3) is 0 Å². The molecule has 36 heavy (non-hydrogen) atoms. The van der Waals surface area contributed by atoms with Crippen molar-refractivity contribution >= 4 is 17.3 Å². The summed E-state index contributed by atoms with van der Waals surface area (Å²) < 4.78 is 7.65. The zero-order valence-electron chi connectivity index (χ0n) is 19.7. The van der Waals surface area contributed by atoms with Crippen LogP contribution < -0.4 is 4.74 Å². The number of aryl methyl sites for hydroxylation is 1. The third-order valence-corrected chi connectivity index (χ3v) is 6.70. The van der Waals surface area contributed by atoms with E-state index in [1.807, 2.05) is 67.6 Å². The van der Waals surface area contributed by atoms with Crippen LogP contribution in [0.5, 0.6) is 5.88 Å². The van der Waals surface area contributed by atoms with Gasteiger partial charge >= 0.3 is 5.97 Å². The van der Waals surface area contributed by atoms with Crippen LogP contribution in [-0.4, -0.2) is 30.8 Å². The summed E-state index contributed by atoms with van der Waals surface area (Å²) in [5.74, 6) is -0.370. The molecular formula is C28H24N4O3S. The quantitative estimate of drug-likeness (QED) is 0.284. The number of carboxylic acids is 1. The standard InChI is InChI=1S/C28H24N4O3S/c1-19-24(30-28(36-19)22-10-6-3-7-11-22)18-35-25-13-12-20(15-29-25)16-32-17-23(14-26(33)34)27(31-32)21-8-4-2-5-9-21/h2-13,15,17H,14,16,18H2,1H3,(H,33,34). The fraction of sp³-hybridized carbons (Fsp3) is 0.143. The second-order valence-electron chi connectivity index (χ2n) is 8.32. The Hall–Kier alpha value is -4.30. The largest absolute Gasteiger partial charge is 0.481 e. The fourth-order valence-corrected chi connectivity index (χ4v) is 4.78. The van der Waals surface area contributed by atoms with Gasteiger partial charge in [-0.15, -0.1) is 11.3 Å². The van der Waals surface area contributed by atoms with E-state index in [4.69, 9.17) is 9.72 Å². The molecule has 5 aromatic rings. The van der Waals surface area contributed by atoms with Crippen LogP contribution in [0.15, 0.2) is 85.2 Å². The number of rotatable bonds is 9. The van der Waals surface area contributed by atoms with Crippen molar-refractivity contribution in [2.45, 2.75) is 26.5 Å². The Morgan fingerprint density at radius 1 is 1.00 bits per heavy atom. The maximum Gasteiger partial charge on any atom is 0.307 e. The molecule has 0 spiro atoms. The van der Waals surface area contributed by atoms with Crippen molar-refractivity contribution in [1.82, 2.24) is 19.7 Å². The van der Waals surface area contributed by atoms with E-state index < -0.39 is 5.97 Å². The van der Waals surface area contributed by atoms with E-state index in [-0.39, 0.29) is 6.42 Å². The number of benzene rings is 2. The molecule has 0 aliphatic heterocycles. The first kappa shape index (κ1) is 23.4. The molecule has 0 aliphatic carbocycles. The lowest BCUT2D eigenvalue weighted by Gasteiger charge is -2.06. The van der Waals surface area contributed by atoms with Crippen LogP contribution in [0.4, 0.5) is 0 Å². The van der Waals surface area contributed by atoms with E-state index in [9.17, 15) is 9.90 Å². The van der Waals surface area contributed by atoms with Crippen molar-refractivity contribution in [3.63, 3.8) is 0 Å². The Kier molecular flexibility index (Phi) is 6.86. The third-order valence-electron chi connectivity index (χ3n) is 5.64. The first-order chi connectivity index (χ1) is 17.5. The average Bonchev–Trinajstić information content (AvgIpc) is 3.47. The summed E-state index contributed by atoms with van der Waals surface area (Å²) in [7, 11) is 0. The molecule has 2 aromatic carbocycles. The number of aliphatic carboxylic acids is 1. The first-order valence-electron chi connectivity index (χ1n) is 11.5. The molecule has 0 aliphatic rings. The Balaban J connectivity index is 1.26. The molecule has 0 fully saturated rings.